The summed E-state index contributed by atoms with van der Waals surface area (Å²) in [5.41, 5.74) is 2.22. The summed E-state index contributed by atoms with van der Waals surface area (Å²) in [6.45, 7) is 3.73. The molecule has 1 unspecified atom stereocenters. The molecule has 1 atom stereocenters. The lowest BCUT2D eigenvalue weighted by Crippen LogP contribution is -2.15. The van der Waals surface area contributed by atoms with Crippen molar-refractivity contribution < 1.29 is 9.90 Å². The first-order chi connectivity index (χ1) is 7.63. The number of aliphatic carboxylic acids is 1. The Labute approximate surface area is 96.3 Å². The summed E-state index contributed by atoms with van der Waals surface area (Å²) in [7, 11) is 0. The Balaban J connectivity index is 2.74. The van der Waals surface area contributed by atoms with Crippen molar-refractivity contribution in [2.24, 2.45) is 5.92 Å². The third kappa shape index (κ3) is 3.78. The lowest BCUT2D eigenvalue weighted by molar-refractivity contribution is -0.141. The van der Waals surface area contributed by atoms with Crippen molar-refractivity contribution in [1.82, 2.24) is 0 Å². The van der Waals surface area contributed by atoms with E-state index < -0.39 is 11.9 Å². The monoisotopic (exact) mass is 216 g/mol. The van der Waals surface area contributed by atoms with Crippen LogP contribution in [-0.4, -0.2) is 11.1 Å². The molecule has 2 heteroatoms. The molecule has 84 valence electrons. The van der Waals surface area contributed by atoms with Gasteiger partial charge in [0, 0.05) is 6.42 Å². The Bertz CT molecular complexity index is 424. The molecule has 0 aliphatic carbocycles. The molecular weight excluding hydrogens is 200 g/mol. The molecule has 0 spiro atoms. The maximum atomic E-state index is 11.0. The average molecular weight is 216 g/mol. The summed E-state index contributed by atoms with van der Waals surface area (Å²) in [6, 6.07) is 7.94. The molecule has 1 rings (SSSR count). The molecule has 0 aliphatic rings. The third-order valence-corrected chi connectivity index (χ3v) is 2.44. The second-order valence-corrected chi connectivity index (χ2v) is 3.86. The average Bonchev–Trinajstić information content (AvgIpc) is 2.24. The molecule has 1 N–H and O–H groups in total. The molecule has 0 aromatic heterocycles. The van der Waals surface area contributed by atoms with E-state index in [0.717, 1.165) is 11.1 Å². The fourth-order valence-corrected chi connectivity index (χ4v) is 1.60. The number of carboxylic acids is 1. The molecule has 0 radical (unpaired) electrons. The van der Waals surface area contributed by atoms with Crippen LogP contribution in [0.25, 0.3) is 0 Å². The second-order valence-electron chi connectivity index (χ2n) is 3.86. The number of hydrogen-bond donors (Lipinski definition) is 1. The minimum atomic E-state index is -0.774. The van der Waals surface area contributed by atoms with E-state index in [1.807, 2.05) is 31.2 Å². The first-order valence-corrected chi connectivity index (χ1v) is 5.31. The number of benzene rings is 1. The van der Waals surface area contributed by atoms with Crippen LogP contribution in [0.2, 0.25) is 0 Å². The van der Waals surface area contributed by atoms with E-state index >= 15 is 0 Å². The summed E-state index contributed by atoms with van der Waals surface area (Å²) in [5.74, 6) is 4.39. The molecule has 0 aliphatic heterocycles. The van der Waals surface area contributed by atoms with Gasteiger partial charge in [-0.05, 0) is 25.8 Å². The van der Waals surface area contributed by atoms with Crippen molar-refractivity contribution in [2.75, 3.05) is 0 Å². The molecule has 1 aromatic carbocycles. The van der Waals surface area contributed by atoms with Crippen LogP contribution in [0.4, 0.5) is 0 Å². The van der Waals surface area contributed by atoms with Crippen molar-refractivity contribution in [1.29, 1.82) is 0 Å². The van der Waals surface area contributed by atoms with Crippen LogP contribution in [0.15, 0.2) is 24.3 Å². The first kappa shape index (κ1) is 12.3. The number of carboxylic acid groups (broad SMARTS) is 1. The van der Waals surface area contributed by atoms with Crippen molar-refractivity contribution >= 4 is 5.97 Å². The van der Waals surface area contributed by atoms with Crippen molar-refractivity contribution in [3.8, 4) is 11.8 Å². The largest absolute Gasteiger partial charge is 0.481 e. The lowest BCUT2D eigenvalue weighted by Gasteiger charge is -2.09. The fraction of sp³-hybridized carbons (Fsp3) is 0.357. The van der Waals surface area contributed by atoms with Crippen LogP contribution in [-0.2, 0) is 11.2 Å². The van der Waals surface area contributed by atoms with Crippen LogP contribution in [0, 0.1) is 24.7 Å². The van der Waals surface area contributed by atoms with Crippen LogP contribution in [0.5, 0.6) is 0 Å². The summed E-state index contributed by atoms with van der Waals surface area (Å²) < 4.78 is 0. The molecular formula is C14H16O2. The Morgan fingerprint density at radius 2 is 2.25 bits per heavy atom. The molecule has 0 fully saturated rings. The van der Waals surface area contributed by atoms with Crippen LogP contribution in [0.1, 0.15) is 24.5 Å². The summed E-state index contributed by atoms with van der Waals surface area (Å²) >= 11 is 0. The SMILES string of the molecule is CC#CCC(Cc1cccc(C)c1)C(=O)O. The second kappa shape index (κ2) is 5.97. The maximum Gasteiger partial charge on any atom is 0.307 e. The van der Waals surface area contributed by atoms with Gasteiger partial charge in [0.05, 0.1) is 5.92 Å². The lowest BCUT2D eigenvalue weighted by atomic mass is 9.96. The molecule has 0 saturated heterocycles. The topological polar surface area (TPSA) is 37.3 Å². The van der Waals surface area contributed by atoms with Crippen LogP contribution in [0.3, 0.4) is 0 Å². The molecule has 0 heterocycles. The zero-order chi connectivity index (χ0) is 12.0. The van der Waals surface area contributed by atoms with Gasteiger partial charge in [-0.3, -0.25) is 4.79 Å². The number of aryl methyl sites for hydroxylation is 1. The zero-order valence-electron chi connectivity index (χ0n) is 9.66. The zero-order valence-corrected chi connectivity index (χ0v) is 9.66. The van der Waals surface area contributed by atoms with Crippen LogP contribution >= 0.6 is 0 Å². The molecule has 0 amide bonds. The van der Waals surface area contributed by atoms with E-state index in [2.05, 4.69) is 11.8 Å². The molecule has 0 bridgehead atoms. The number of hydrogen-bond acceptors (Lipinski definition) is 1. The standard InChI is InChI=1S/C14H16O2/c1-3-4-8-13(14(15)16)10-12-7-5-6-11(2)9-12/h5-7,9,13H,8,10H2,1-2H3,(H,15,16). The highest BCUT2D eigenvalue weighted by Crippen LogP contribution is 2.13. The van der Waals surface area contributed by atoms with Crippen molar-refractivity contribution in [3.63, 3.8) is 0 Å². The molecule has 0 saturated carbocycles. The van der Waals surface area contributed by atoms with E-state index in [1.54, 1.807) is 6.92 Å². The Hall–Kier alpha value is -1.75. The highest BCUT2D eigenvalue weighted by Gasteiger charge is 2.16. The van der Waals surface area contributed by atoms with E-state index in [0.29, 0.717) is 12.8 Å². The van der Waals surface area contributed by atoms with Gasteiger partial charge in [-0.25, -0.2) is 0 Å². The van der Waals surface area contributed by atoms with Gasteiger partial charge in [-0.1, -0.05) is 29.8 Å². The highest BCUT2D eigenvalue weighted by atomic mass is 16.4. The smallest absolute Gasteiger partial charge is 0.307 e. The molecule has 1 aromatic rings. The predicted molar refractivity (Wildman–Crippen MR) is 64.1 cm³/mol. The van der Waals surface area contributed by atoms with Gasteiger partial charge in [0.15, 0.2) is 0 Å². The van der Waals surface area contributed by atoms with Gasteiger partial charge in [-0.15, -0.1) is 11.8 Å². The summed E-state index contributed by atoms with van der Waals surface area (Å²) in [6.07, 6.45) is 0.964. The predicted octanol–water partition coefficient (Wildman–Crippen LogP) is 2.65. The number of carbonyl (C=O) groups is 1. The van der Waals surface area contributed by atoms with Gasteiger partial charge in [-0.2, -0.15) is 0 Å². The minimum Gasteiger partial charge on any atom is -0.481 e. The van der Waals surface area contributed by atoms with Gasteiger partial charge in [0.2, 0.25) is 0 Å². The van der Waals surface area contributed by atoms with E-state index in [-0.39, 0.29) is 0 Å². The normalized spacial score (nSPS) is 11.4. The van der Waals surface area contributed by atoms with E-state index in [4.69, 9.17) is 5.11 Å². The van der Waals surface area contributed by atoms with E-state index in [1.165, 1.54) is 0 Å². The van der Waals surface area contributed by atoms with Gasteiger partial charge in [0.25, 0.3) is 0 Å². The highest BCUT2D eigenvalue weighted by molar-refractivity contribution is 5.70. The Morgan fingerprint density at radius 3 is 2.81 bits per heavy atom. The number of rotatable bonds is 4. The molecule has 16 heavy (non-hydrogen) atoms. The van der Waals surface area contributed by atoms with Gasteiger partial charge >= 0.3 is 5.97 Å². The molecule has 2 nitrogen and oxygen atoms in total. The Kier molecular flexibility index (Phi) is 4.60. The van der Waals surface area contributed by atoms with E-state index in [9.17, 15) is 4.79 Å². The van der Waals surface area contributed by atoms with Gasteiger partial charge < -0.3 is 5.11 Å². The quantitative estimate of drug-likeness (QED) is 0.786. The Morgan fingerprint density at radius 1 is 1.50 bits per heavy atom. The first-order valence-electron chi connectivity index (χ1n) is 5.31. The van der Waals surface area contributed by atoms with Crippen molar-refractivity contribution in [3.05, 3.63) is 35.4 Å². The van der Waals surface area contributed by atoms with Crippen molar-refractivity contribution in [2.45, 2.75) is 26.7 Å². The fourth-order valence-electron chi connectivity index (χ4n) is 1.60. The summed E-state index contributed by atoms with van der Waals surface area (Å²) in [4.78, 5) is 11.0. The van der Waals surface area contributed by atoms with Crippen LogP contribution < -0.4 is 0 Å². The minimum absolute atomic E-state index is 0.408. The van der Waals surface area contributed by atoms with Gasteiger partial charge in [0.1, 0.15) is 0 Å². The third-order valence-electron chi connectivity index (χ3n) is 2.44. The summed E-state index contributed by atoms with van der Waals surface area (Å²) in [5, 5.41) is 9.06. The maximum absolute atomic E-state index is 11.0.